The highest BCUT2D eigenvalue weighted by Crippen LogP contribution is 2.31. The van der Waals surface area contributed by atoms with E-state index in [0.29, 0.717) is 12.1 Å². The van der Waals surface area contributed by atoms with E-state index in [0.717, 1.165) is 68.8 Å². The summed E-state index contributed by atoms with van der Waals surface area (Å²) in [6.07, 6.45) is 1.91. The van der Waals surface area contributed by atoms with Crippen LogP contribution in [0, 0.1) is 6.92 Å². The van der Waals surface area contributed by atoms with E-state index in [1.54, 1.807) is 0 Å². The fourth-order valence-corrected chi connectivity index (χ4v) is 5.78. The summed E-state index contributed by atoms with van der Waals surface area (Å²) in [5.41, 5.74) is 9.52. The van der Waals surface area contributed by atoms with Crippen LogP contribution in [0.1, 0.15) is 61.4 Å². The van der Waals surface area contributed by atoms with Crippen LogP contribution in [0.2, 0.25) is 0 Å². The topological polar surface area (TPSA) is 61.9 Å². The summed E-state index contributed by atoms with van der Waals surface area (Å²) in [5.74, 6) is 1.72. The maximum Gasteiger partial charge on any atom is 0.339 e. The summed E-state index contributed by atoms with van der Waals surface area (Å²) >= 11 is 0. The van der Waals surface area contributed by atoms with Gasteiger partial charge in [-0.3, -0.25) is 0 Å². The molecule has 0 spiro atoms. The molecular formula is C37H39ClN4O2. The zero-order valence-electron chi connectivity index (χ0n) is 26.2. The lowest BCUT2D eigenvalue weighted by Crippen LogP contribution is -2.24. The smallest absolute Gasteiger partial charge is 0.339 e. The minimum Gasteiger partial charge on any atom is -0.456 e. The van der Waals surface area contributed by atoms with E-state index >= 15 is 0 Å². The molecule has 0 aliphatic heterocycles. The zero-order chi connectivity index (χ0) is 30.3. The Morgan fingerprint density at radius 1 is 0.864 bits per heavy atom. The molecule has 0 aliphatic carbocycles. The summed E-state index contributed by atoms with van der Waals surface area (Å²) in [7, 11) is 2.08. The number of halogens is 1. The summed E-state index contributed by atoms with van der Waals surface area (Å²) < 4.78 is 10.2. The fraction of sp³-hybridized carbons (Fsp3) is 0.270. The first-order chi connectivity index (χ1) is 20.6. The Labute approximate surface area is 265 Å². The van der Waals surface area contributed by atoms with Crippen LogP contribution in [-0.2, 0) is 24.8 Å². The number of hydrogen-bond acceptors (Lipinski definition) is 4. The molecule has 6 rings (SSSR count). The van der Waals surface area contributed by atoms with Gasteiger partial charge in [0.05, 0.1) is 27.6 Å². The molecule has 0 bridgehead atoms. The van der Waals surface area contributed by atoms with Gasteiger partial charge in [-0.15, -0.1) is 12.4 Å². The minimum atomic E-state index is -0.556. The number of carbonyl (C=O) groups is 1. The van der Waals surface area contributed by atoms with Crippen molar-refractivity contribution >= 4 is 40.4 Å². The van der Waals surface area contributed by atoms with Crippen molar-refractivity contribution in [3.05, 3.63) is 107 Å². The molecule has 0 fully saturated rings. The lowest BCUT2D eigenvalue weighted by Gasteiger charge is -2.20. The lowest BCUT2D eigenvalue weighted by molar-refractivity contribution is 0.00704. The van der Waals surface area contributed by atoms with Gasteiger partial charge in [0, 0.05) is 25.6 Å². The largest absolute Gasteiger partial charge is 0.456 e. The van der Waals surface area contributed by atoms with Crippen LogP contribution in [0.5, 0.6) is 0 Å². The molecule has 2 heterocycles. The van der Waals surface area contributed by atoms with Gasteiger partial charge in [0.25, 0.3) is 0 Å². The van der Waals surface area contributed by atoms with Crippen LogP contribution in [0.4, 0.5) is 0 Å². The van der Waals surface area contributed by atoms with Crippen molar-refractivity contribution in [2.24, 2.45) is 7.05 Å². The first-order valence-electron chi connectivity index (χ1n) is 15.0. The summed E-state index contributed by atoms with van der Waals surface area (Å²) in [6.45, 7) is 10.7. The number of esters is 1. The molecule has 0 amide bonds. The number of aryl methyl sites for hydroxylation is 3. The molecule has 0 N–H and O–H groups in total. The van der Waals surface area contributed by atoms with Crippen molar-refractivity contribution in [1.29, 1.82) is 0 Å². The Balaban J connectivity index is 0.00000384. The van der Waals surface area contributed by atoms with Crippen LogP contribution in [0.25, 0.3) is 44.6 Å². The number of nitrogens with zero attached hydrogens (tertiary/aromatic N) is 4. The molecule has 0 atom stereocenters. The summed E-state index contributed by atoms with van der Waals surface area (Å²) in [6, 6.07) is 28.8. The van der Waals surface area contributed by atoms with E-state index in [1.165, 1.54) is 5.56 Å². The van der Waals surface area contributed by atoms with Gasteiger partial charge in [0.15, 0.2) is 0 Å². The second-order valence-corrected chi connectivity index (χ2v) is 12.3. The lowest BCUT2D eigenvalue weighted by atomic mass is 9.98. The van der Waals surface area contributed by atoms with Crippen molar-refractivity contribution in [2.45, 2.75) is 59.6 Å². The summed E-state index contributed by atoms with van der Waals surface area (Å²) in [5, 5.41) is 0. The van der Waals surface area contributed by atoms with Crippen molar-refractivity contribution in [3.8, 4) is 22.5 Å². The second kappa shape index (κ2) is 12.3. The van der Waals surface area contributed by atoms with Gasteiger partial charge in [-0.2, -0.15) is 0 Å². The van der Waals surface area contributed by atoms with E-state index in [4.69, 9.17) is 14.7 Å². The highest BCUT2D eigenvalue weighted by Gasteiger charge is 2.21. The van der Waals surface area contributed by atoms with Crippen LogP contribution in [-0.4, -0.2) is 30.7 Å². The molecule has 6 aromatic rings. The maximum absolute atomic E-state index is 12.9. The van der Waals surface area contributed by atoms with Crippen LogP contribution < -0.4 is 0 Å². The van der Waals surface area contributed by atoms with Gasteiger partial charge in [0.2, 0.25) is 0 Å². The number of rotatable bonds is 7. The number of ether oxygens (including phenoxy) is 1. The van der Waals surface area contributed by atoms with Gasteiger partial charge in [-0.25, -0.2) is 14.8 Å². The highest BCUT2D eigenvalue weighted by atomic mass is 35.5. The molecule has 2 aromatic heterocycles. The standard InChI is InChI=1S/C37H38N4O2.ClH/c1-7-12-33-39-34-24(2)21-27(35-38-30-15-10-11-16-31(30)40(35)6)22-32(34)41(33)23-25-17-19-26(20-18-25)28-13-8-9-14-29(28)36(42)43-37(3,4)5;/h8-11,13-22H,7,12,23H2,1-6H3;1H. The Bertz CT molecular complexity index is 1960. The molecule has 0 aliphatic rings. The van der Waals surface area contributed by atoms with E-state index in [1.807, 2.05) is 51.1 Å². The van der Waals surface area contributed by atoms with Gasteiger partial charge < -0.3 is 13.9 Å². The fourth-order valence-electron chi connectivity index (χ4n) is 5.78. The molecule has 226 valence electrons. The SMILES string of the molecule is CCCc1nc2c(C)cc(-c3nc4ccccc4n3C)cc2n1Cc1ccc(-c2ccccc2C(=O)OC(C)(C)C)cc1.Cl. The van der Waals surface area contributed by atoms with Crippen LogP contribution >= 0.6 is 12.4 Å². The highest BCUT2D eigenvalue weighted by molar-refractivity contribution is 5.97. The van der Waals surface area contributed by atoms with Crippen molar-refractivity contribution in [2.75, 3.05) is 0 Å². The molecule has 4 aromatic carbocycles. The van der Waals surface area contributed by atoms with Crippen LogP contribution in [0.15, 0.2) is 84.9 Å². The molecule has 6 nitrogen and oxygen atoms in total. The Morgan fingerprint density at radius 3 is 2.27 bits per heavy atom. The molecule has 7 heteroatoms. The van der Waals surface area contributed by atoms with Gasteiger partial charge in [-0.05, 0) is 86.7 Å². The van der Waals surface area contributed by atoms with E-state index in [-0.39, 0.29) is 18.4 Å². The quantitative estimate of drug-likeness (QED) is 0.170. The predicted octanol–water partition coefficient (Wildman–Crippen LogP) is 8.94. The Kier molecular flexibility index (Phi) is 8.66. The Morgan fingerprint density at radius 2 is 1.57 bits per heavy atom. The van der Waals surface area contributed by atoms with Crippen LogP contribution in [0.3, 0.4) is 0 Å². The van der Waals surface area contributed by atoms with E-state index in [2.05, 4.69) is 84.6 Å². The average molecular weight is 607 g/mol. The average Bonchev–Trinajstić information content (AvgIpc) is 3.50. The van der Waals surface area contributed by atoms with Gasteiger partial charge >= 0.3 is 5.97 Å². The molecule has 0 saturated carbocycles. The zero-order valence-corrected chi connectivity index (χ0v) is 27.0. The number of carbonyl (C=O) groups excluding carboxylic acids is 1. The third-order valence-electron chi connectivity index (χ3n) is 7.79. The van der Waals surface area contributed by atoms with E-state index < -0.39 is 5.60 Å². The number of fused-ring (bicyclic) bond motifs is 2. The minimum absolute atomic E-state index is 0. The van der Waals surface area contributed by atoms with Crippen molar-refractivity contribution in [3.63, 3.8) is 0 Å². The molecule has 44 heavy (non-hydrogen) atoms. The molecule has 0 unspecified atom stereocenters. The molecular weight excluding hydrogens is 568 g/mol. The number of hydrogen-bond donors (Lipinski definition) is 0. The van der Waals surface area contributed by atoms with Gasteiger partial charge in [-0.1, -0.05) is 61.5 Å². The van der Waals surface area contributed by atoms with Crippen molar-refractivity contribution in [1.82, 2.24) is 19.1 Å². The number of para-hydroxylation sites is 2. The van der Waals surface area contributed by atoms with Gasteiger partial charge in [0.1, 0.15) is 17.2 Å². The Hall–Kier alpha value is -4.42. The third-order valence-corrected chi connectivity index (χ3v) is 7.79. The second-order valence-electron chi connectivity index (χ2n) is 12.3. The predicted molar refractivity (Wildman–Crippen MR) is 182 cm³/mol. The first kappa shape index (κ1) is 31.0. The maximum atomic E-state index is 12.9. The number of benzene rings is 4. The third kappa shape index (κ3) is 6.00. The van der Waals surface area contributed by atoms with E-state index in [9.17, 15) is 4.79 Å². The number of imidazole rings is 2. The summed E-state index contributed by atoms with van der Waals surface area (Å²) in [4.78, 5) is 23.0. The normalized spacial score (nSPS) is 11.6. The first-order valence-corrected chi connectivity index (χ1v) is 15.0. The monoisotopic (exact) mass is 606 g/mol. The number of aromatic nitrogens is 4. The molecule has 0 saturated heterocycles. The molecule has 0 radical (unpaired) electrons. The van der Waals surface area contributed by atoms with Crippen molar-refractivity contribution < 1.29 is 9.53 Å².